The van der Waals surface area contributed by atoms with Gasteiger partial charge in [-0.3, -0.25) is 9.59 Å². The summed E-state index contributed by atoms with van der Waals surface area (Å²) >= 11 is 0. The summed E-state index contributed by atoms with van der Waals surface area (Å²) in [4.78, 5) is 23.4. The van der Waals surface area contributed by atoms with Gasteiger partial charge in [0.25, 0.3) is 0 Å². The van der Waals surface area contributed by atoms with Crippen LogP contribution in [0.15, 0.2) is 0 Å². The van der Waals surface area contributed by atoms with Gasteiger partial charge in [-0.1, -0.05) is 26.7 Å². The molecule has 0 heterocycles. The Bertz CT molecular complexity index is 315. The quantitative estimate of drug-likeness (QED) is 0.767. The molecule has 0 atom stereocenters. The molecule has 0 bridgehead atoms. The number of carbonyl (C=O) groups excluding carboxylic acids is 1. The molecule has 1 aliphatic carbocycles. The number of rotatable bonds is 6. The summed E-state index contributed by atoms with van der Waals surface area (Å²) in [7, 11) is 0. The first kappa shape index (κ1) is 15.0. The molecule has 1 amide bonds. The Kier molecular flexibility index (Phi) is 4.77. The van der Waals surface area contributed by atoms with Gasteiger partial charge in [0.1, 0.15) is 0 Å². The average Bonchev–Trinajstić information content (AvgIpc) is 2.72. The van der Waals surface area contributed by atoms with E-state index < -0.39 is 11.4 Å². The van der Waals surface area contributed by atoms with Crippen LogP contribution in [0.3, 0.4) is 0 Å². The molecular formula is C14H25NO3. The largest absolute Gasteiger partial charge is 0.481 e. The number of amides is 1. The van der Waals surface area contributed by atoms with Crippen molar-refractivity contribution in [3.63, 3.8) is 0 Å². The molecular weight excluding hydrogens is 230 g/mol. The van der Waals surface area contributed by atoms with E-state index in [-0.39, 0.29) is 17.9 Å². The molecule has 104 valence electrons. The third-order valence-electron chi connectivity index (χ3n) is 4.45. The molecule has 1 aliphatic rings. The van der Waals surface area contributed by atoms with E-state index in [0.717, 1.165) is 25.7 Å². The first-order valence-corrected chi connectivity index (χ1v) is 6.92. The summed E-state index contributed by atoms with van der Waals surface area (Å²) in [5, 5.41) is 12.3. The van der Waals surface area contributed by atoms with E-state index in [1.165, 1.54) is 0 Å². The maximum atomic E-state index is 12.1. The normalized spacial score (nSPS) is 18.6. The van der Waals surface area contributed by atoms with Crippen molar-refractivity contribution in [1.82, 2.24) is 5.32 Å². The first-order valence-electron chi connectivity index (χ1n) is 6.92. The number of carbonyl (C=O) groups is 2. The van der Waals surface area contributed by atoms with Crippen LogP contribution in [-0.2, 0) is 9.59 Å². The molecule has 1 rings (SSSR count). The van der Waals surface area contributed by atoms with E-state index in [1.807, 2.05) is 13.8 Å². The zero-order chi connectivity index (χ0) is 13.8. The third kappa shape index (κ3) is 3.24. The summed E-state index contributed by atoms with van der Waals surface area (Å²) in [6.07, 6.45) is 5.34. The zero-order valence-corrected chi connectivity index (χ0v) is 11.7. The molecule has 1 saturated carbocycles. The van der Waals surface area contributed by atoms with Crippen LogP contribution in [0.1, 0.15) is 65.7 Å². The predicted octanol–water partition coefficient (Wildman–Crippen LogP) is 2.72. The Balaban J connectivity index is 2.64. The van der Waals surface area contributed by atoms with Crippen molar-refractivity contribution in [2.45, 2.75) is 71.3 Å². The molecule has 0 aliphatic heterocycles. The number of nitrogens with one attached hydrogen (secondary N) is 1. The van der Waals surface area contributed by atoms with Crippen LogP contribution in [0.25, 0.3) is 0 Å². The van der Waals surface area contributed by atoms with Gasteiger partial charge in [-0.25, -0.2) is 0 Å². The standard InChI is InChI=1S/C14H25NO3/c1-4-14(5-2,12(17)18)10-11(16)15-13(3)8-6-7-9-13/h4-10H2,1-3H3,(H,15,16)(H,17,18). The highest BCUT2D eigenvalue weighted by Crippen LogP contribution is 2.33. The average molecular weight is 255 g/mol. The van der Waals surface area contributed by atoms with Crippen molar-refractivity contribution < 1.29 is 14.7 Å². The van der Waals surface area contributed by atoms with E-state index in [9.17, 15) is 14.7 Å². The summed E-state index contributed by atoms with van der Waals surface area (Å²) in [5.74, 6) is -0.982. The lowest BCUT2D eigenvalue weighted by Gasteiger charge is -2.30. The fourth-order valence-corrected chi connectivity index (χ4v) is 2.85. The van der Waals surface area contributed by atoms with Crippen LogP contribution in [0.2, 0.25) is 0 Å². The van der Waals surface area contributed by atoms with E-state index in [2.05, 4.69) is 12.2 Å². The zero-order valence-electron chi connectivity index (χ0n) is 11.7. The number of hydrogen-bond acceptors (Lipinski definition) is 2. The van der Waals surface area contributed by atoms with Crippen molar-refractivity contribution in [2.75, 3.05) is 0 Å². The number of carboxylic acid groups (broad SMARTS) is 1. The highest BCUT2D eigenvalue weighted by molar-refractivity contribution is 5.85. The Morgan fingerprint density at radius 1 is 1.22 bits per heavy atom. The topological polar surface area (TPSA) is 66.4 Å². The fourth-order valence-electron chi connectivity index (χ4n) is 2.85. The lowest BCUT2D eigenvalue weighted by Crippen LogP contribution is -2.46. The van der Waals surface area contributed by atoms with Gasteiger partial charge >= 0.3 is 5.97 Å². The molecule has 18 heavy (non-hydrogen) atoms. The molecule has 4 heteroatoms. The van der Waals surface area contributed by atoms with Crippen LogP contribution in [0, 0.1) is 5.41 Å². The van der Waals surface area contributed by atoms with Gasteiger partial charge in [-0.05, 0) is 32.6 Å². The predicted molar refractivity (Wildman–Crippen MR) is 70.3 cm³/mol. The van der Waals surface area contributed by atoms with E-state index >= 15 is 0 Å². The number of aliphatic carboxylic acids is 1. The molecule has 0 aromatic carbocycles. The minimum atomic E-state index is -0.904. The van der Waals surface area contributed by atoms with Gasteiger partial charge in [0.05, 0.1) is 5.41 Å². The molecule has 1 fully saturated rings. The summed E-state index contributed by atoms with van der Waals surface area (Å²) in [6, 6.07) is 0. The van der Waals surface area contributed by atoms with Gasteiger partial charge < -0.3 is 10.4 Å². The molecule has 0 radical (unpaired) electrons. The van der Waals surface area contributed by atoms with E-state index in [4.69, 9.17) is 0 Å². The van der Waals surface area contributed by atoms with E-state index in [0.29, 0.717) is 12.8 Å². The van der Waals surface area contributed by atoms with Gasteiger partial charge in [-0.2, -0.15) is 0 Å². The minimum Gasteiger partial charge on any atom is -0.481 e. The van der Waals surface area contributed by atoms with Crippen molar-refractivity contribution in [3.8, 4) is 0 Å². The maximum Gasteiger partial charge on any atom is 0.310 e. The minimum absolute atomic E-state index is 0.0882. The second-order valence-corrected chi connectivity index (χ2v) is 5.79. The number of hydrogen-bond donors (Lipinski definition) is 2. The smallest absolute Gasteiger partial charge is 0.310 e. The SMILES string of the molecule is CCC(CC)(CC(=O)NC1(C)CCCC1)C(=O)O. The van der Waals surface area contributed by atoms with Crippen LogP contribution >= 0.6 is 0 Å². The lowest BCUT2D eigenvalue weighted by atomic mass is 9.79. The summed E-state index contributed by atoms with van der Waals surface area (Å²) < 4.78 is 0. The Labute approximate surface area is 109 Å². The van der Waals surface area contributed by atoms with Gasteiger partial charge in [0, 0.05) is 12.0 Å². The molecule has 0 spiro atoms. The molecule has 0 aromatic heterocycles. The van der Waals surface area contributed by atoms with Crippen LogP contribution < -0.4 is 5.32 Å². The highest BCUT2D eigenvalue weighted by atomic mass is 16.4. The molecule has 2 N–H and O–H groups in total. The second kappa shape index (κ2) is 5.72. The molecule has 0 saturated heterocycles. The maximum absolute atomic E-state index is 12.1. The lowest BCUT2D eigenvalue weighted by molar-refractivity contribution is -0.152. The van der Waals surface area contributed by atoms with Crippen molar-refractivity contribution in [1.29, 1.82) is 0 Å². The second-order valence-electron chi connectivity index (χ2n) is 5.79. The molecule has 4 nitrogen and oxygen atoms in total. The number of carboxylic acids is 1. The van der Waals surface area contributed by atoms with Gasteiger partial charge in [0.15, 0.2) is 0 Å². The van der Waals surface area contributed by atoms with E-state index in [1.54, 1.807) is 0 Å². The Morgan fingerprint density at radius 3 is 2.11 bits per heavy atom. The van der Waals surface area contributed by atoms with Gasteiger partial charge in [-0.15, -0.1) is 0 Å². The highest BCUT2D eigenvalue weighted by Gasteiger charge is 2.39. The first-order chi connectivity index (χ1) is 8.37. The molecule has 0 unspecified atom stereocenters. The van der Waals surface area contributed by atoms with Crippen molar-refractivity contribution >= 4 is 11.9 Å². The molecule has 0 aromatic rings. The summed E-state index contributed by atoms with van der Waals surface area (Å²) in [6.45, 7) is 5.72. The van der Waals surface area contributed by atoms with Crippen molar-refractivity contribution in [2.24, 2.45) is 5.41 Å². The van der Waals surface area contributed by atoms with Crippen molar-refractivity contribution in [3.05, 3.63) is 0 Å². The summed E-state index contributed by atoms with van der Waals surface area (Å²) in [5.41, 5.74) is -1.03. The van der Waals surface area contributed by atoms with Gasteiger partial charge in [0.2, 0.25) is 5.91 Å². The Hall–Kier alpha value is -1.06. The van der Waals surface area contributed by atoms with Crippen LogP contribution in [-0.4, -0.2) is 22.5 Å². The van der Waals surface area contributed by atoms with Crippen LogP contribution in [0.4, 0.5) is 0 Å². The fraction of sp³-hybridized carbons (Fsp3) is 0.857. The van der Waals surface area contributed by atoms with Crippen LogP contribution in [0.5, 0.6) is 0 Å². The third-order valence-corrected chi connectivity index (χ3v) is 4.45. The Morgan fingerprint density at radius 2 is 1.72 bits per heavy atom. The monoisotopic (exact) mass is 255 g/mol.